The number of hydroxylamine groups is 2. The van der Waals surface area contributed by atoms with Gasteiger partial charge < -0.3 is 0 Å². The van der Waals surface area contributed by atoms with Gasteiger partial charge in [0.1, 0.15) is 0 Å². The third kappa shape index (κ3) is 2.57. The van der Waals surface area contributed by atoms with Crippen molar-refractivity contribution in [3.8, 4) is 0 Å². The molecule has 1 rings (SSSR count). The number of rotatable bonds is 1. The van der Waals surface area contributed by atoms with Crippen LogP contribution < -0.4 is 0 Å². The molecular weight excluding hydrogens is 178 g/mol. The van der Waals surface area contributed by atoms with E-state index < -0.39 is 5.54 Å². The summed E-state index contributed by atoms with van der Waals surface area (Å²) in [5, 5.41) is 10.6. The molecular formula is C11H15NO2. The Morgan fingerprint density at radius 1 is 1.29 bits per heavy atom. The normalized spacial score (nSPS) is 19.1. The van der Waals surface area contributed by atoms with Crippen LogP contribution in [-0.2, 0) is 4.79 Å². The SMILES string of the molecule is CC(C)(C)N(O)C=C1C=CC=CC1=O. The predicted molar refractivity (Wildman–Crippen MR) is 54.7 cm³/mol. The second-order valence-corrected chi connectivity index (χ2v) is 4.18. The second-order valence-electron chi connectivity index (χ2n) is 4.18. The average Bonchev–Trinajstić information content (AvgIpc) is 2.07. The number of ketones is 1. The molecule has 0 amide bonds. The van der Waals surface area contributed by atoms with Crippen LogP contribution in [0.5, 0.6) is 0 Å². The van der Waals surface area contributed by atoms with E-state index in [1.807, 2.05) is 20.8 Å². The Kier molecular flexibility index (Phi) is 2.91. The van der Waals surface area contributed by atoms with Gasteiger partial charge in [-0.2, -0.15) is 0 Å². The molecule has 0 atom stereocenters. The van der Waals surface area contributed by atoms with Crippen molar-refractivity contribution >= 4 is 5.78 Å². The van der Waals surface area contributed by atoms with Gasteiger partial charge >= 0.3 is 0 Å². The number of nitrogens with zero attached hydrogens (tertiary/aromatic N) is 1. The first kappa shape index (κ1) is 10.7. The minimum atomic E-state index is -0.401. The lowest BCUT2D eigenvalue weighted by molar-refractivity contribution is -0.116. The summed E-state index contributed by atoms with van der Waals surface area (Å²) in [4.78, 5) is 11.3. The maximum atomic E-state index is 11.3. The smallest absolute Gasteiger partial charge is 0.187 e. The molecule has 76 valence electrons. The Morgan fingerprint density at radius 3 is 2.36 bits per heavy atom. The molecule has 0 aromatic rings. The van der Waals surface area contributed by atoms with Gasteiger partial charge in [0.05, 0.1) is 5.54 Å². The zero-order valence-corrected chi connectivity index (χ0v) is 8.69. The quantitative estimate of drug-likeness (QED) is 0.512. The van der Waals surface area contributed by atoms with Gasteiger partial charge in [-0.15, -0.1) is 0 Å². The van der Waals surface area contributed by atoms with Crippen LogP contribution in [0.4, 0.5) is 0 Å². The summed E-state index contributed by atoms with van der Waals surface area (Å²) in [6.07, 6.45) is 8.05. The third-order valence-corrected chi connectivity index (χ3v) is 1.87. The Balaban J connectivity index is 2.84. The summed E-state index contributed by atoms with van der Waals surface area (Å²) in [5.74, 6) is -0.0872. The lowest BCUT2D eigenvalue weighted by Crippen LogP contribution is -2.34. The van der Waals surface area contributed by atoms with Crippen LogP contribution in [0.1, 0.15) is 20.8 Å². The van der Waals surface area contributed by atoms with Gasteiger partial charge in [-0.1, -0.05) is 12.2 Å². The highest BCUT2D eigenvalue weighted by Gasteiger charge is 2.17. The van der Waals surface area contributed by atoms with Crippen molar-refractivity contribution in [2.45, 2.75) is 26.3 Å². The molecule has 3 heteroatoms. The third-order valence-electron chi connectivity index (χ3n) is 1.87. The molecule has 14 heavy (non-hydrogen) atoms. The van der Waals surface area contributed by atoms with Gasteiger partial charge in [0.15, 0.2) is 5.78 Å². The van der Waals surface area contributed by atoms with E-state index in [4.69, 9.17) is 0 Å². The summed E-state index contributed by atoms with van der Waals surface area (Å²) in [5.41, 5.74) is 0.0902. The predicted octanol–water partition coefficient (Wildman–Crippen LogP) is 2.06. The van der Waals surface area contributed by atoms with Gasteiger partial charge in [-0.3, -0.25) is 15.1 Å². The summed E-state index contributed by atoms with van der Waals surface area (Å²) >= 11 is 0. The first-order valence-electron chi connectivity index (χ1n) is 4.50. The minimum absolute atomic E-state index is 0.0872. The topological polar surface area (TPSA) is 40.5 Å². The molecule has 0 unspecified atom stereocenters. The Morgan fingerprint density at radius 2 is 1.86 bits per heavy atom. The molecule has 0 aromatic carbocycles. The first-order chi connectivity index (χ1) is 6.41. The molecule has 0 saturated heterocycles. The second kappa shape index (κ2) is 3.80. The zero-order chi connectivity index (χ0) is 10.8. The molecule has 1 aliphatic carbocycles. The van der Waals surface area contributed by atoms with Crippen LogP contribution in [-0.4, -0.2) is 21.6 Å². The van der Waals surface area contributed by atoms with Crippen LogP contribution >= 0.6 is 0 Å². The van der Waals surface area contributed by atoms with Gasteiger partial charge in [-0.25, -0.2) is 0 Å². The van der Waals surface area contributed by atoms with E-state index in [1.54, 1.807) is 18.2 Å². The summed E-state index contributed by atoms with van der Waals surface area (Å²) in [7, 11) is 0. The fourth-order valence-corrected chi connectivity index (χ4v) is 0.913. The molecule has 0 spiro atoms. The number of allylic oxidation sites excluding steroid dienone is 5. The van der Waals surface area contributed by atoms with Gasteiger partial charge in [0, 0.05) is 11.8 Å². The fourth-order valence-electron chi connectivity index (χ4n) is 0.913. The Labute approximate surface area is 84.0 Å². The molecule has 1 N–H and O–H groups in total. The fraction of sp³-hybridized carbons (Fsp3) is 0.364. The van der Waals surface area contributed by atoms with Crippen molar-refractivity contribution < 1.29 is 10.0 Å². The monoisotopic (exact) mass is 193 g/mol. The largest absolute Gasteiger partial charge is 0.289 e. The highest BCUT2D eigenvalue weighted by atomic mass is 16.5. The number of hydrogen-bond donors (Lipinski definition) is 1. The first-order valence-corrected chi connectivity index (χ1v) is 4.50. The number of hydrogen-bond acceptors (Lipinski definition) is 3. The van der Waals surface area contributed by atoms with E-state index in [2.05, 4.69) is 0 Å². The highest BCUT2D eigenvalue weighted by molar-refractivity contribution is 6.07. The van der Waals surface area contributed by atoms with Crippen molar-refractivity contribution in [3.63, 3.8) is 0 Å². The zero-order valence-electron chi connectivity index (χ0n) is 8.69. The molecule has 0 fully saturated rings. The molecule has 0 saturated carbocycles. The summed E-state index contributed by atoms with van der Waals surface area (Å²) in [6, 6.07) is 0. The average molecular weight is 193 g/mol. The van der Waals surface area contributed by atoms with Crippen molar-refractivity contribution in [2.24, 2.45) is 0 Å². The number of carbonyl (C=O) groups is 1. The maximum Gasteiger partial charge on any atom is 0.187 e. The van der Waals surface area contributed by atoms with Crippen molar-refractivity contribution in [2.75, 3.05) is 0 Å². The molecule has 3 nitrogen and oxygen atoms in total. The molecule has 0 radical (unpaired) electrons. The van der Waals surface area contributed by atoms with E-state index in [0.29, 0.717) is 5.57 Å². The van der Waals surface area contributed by atoms with Gasteiger partial charge in [0.25, 0.3) is 0 Å². The van der Waals surface area contributed by atoms with Crippen LogP contribution in [0.15, 0.2) is 36.1 Å². The van der Waals surface area contributed by atoms with Crippen molar-refractivity contribution in [3.05, 3.63) is 36.1 Å². The minimum Gasteiger partial charge on any atom is -0.289 e. The van der Waals surface area contributed by atoms with E-state index in [1.165, 1.54) is 12.3 Å². The van der Waals surface area contributed by atoms with Gasteiger partial charge in [0.2, 0.25) is 0 Å². The maximum absolute atomic E-state index is 11.3. The molecule has 1 aliphatic rings. The van der Waals surface area contributed by atoms with Crippen molar-refractivity contribution in [1.29, 1.82) is 0 Å². The van der Waals surface area contributed by atoms with Crippen molar-refractivity contribution in [1.82, 2.24) is 5.06 Å². The van der Waals surface area contributed by atoms with Crippen LogP contribution in [0.25, 0.3) is 0 Å². The van der Waals surface area contributed by atoms with Gasteiger partial charge in [-0.05, 0) is 32.9 Å². The van der Waals surface area contributed by atoms with Crippen LogP contribution in [0.2, 0.25) is 0 Å². The summed E-state index contributed by atoms with van der Waals surface area (Å²) < 4.78 is 0. The van der Waals surface area contributed by atoms with Crippen LogP contribution in [0.3, 0.4) is 0 Å². The van der Waals surface area contributed by atoms with E-state index >= 15 is 0 Å². The standard InChI is InChI=1S/C11H15NO2/c1-11(2,3)12(14)8-9-6-4-5-7-10(9)13/h4-8,14H,1-3H3. The van der Waals surface area contributed by atoms with E-state index in [0.717, 1.165) is 5.06 Å². The summed E-state index contributed by atoms with van der Waals surface area (Å²) in [6.45, 7) is 5.57. The molecule has 0 aromatic heterocycles. The number of carbonyl (C=O) groups excluding carboxylic acids is 1. The lowest BCUT2D eigenvalue weighted by atomic mass is 10.1. The molecule has 0 bridgehead atoms. The van der Waals surface area contributed by atoms with E-state index in [-0.39, 0.29) is 5.78 Å². The lowest BCUT2D eigenvalue weighted by Gasteiger charge is -2.28. The molecule has 0 heterocycles. The Bertz CT molecular complexity index is 319. The Hall–Kier alpha value is -1.35. The van der Waals surface area contributed by atoms with Crippen LogP contribution in [0, 0.1) is 0 Å². The van der Waals surface area contributed by atoms with E-state index in [9.17, 15) is 10.0 Å². The highest BCUT2D eigenvalue weighted by Crippen LogP contribution is 2.14. The molecule has 0 aliphatic heterocycles.